The molecule has 2 heterocycles. The Bertz CT molecular complexity index is 515. The molecule has 2 aromatic heterocycles. The highest BCUT2D eigenvalue weighted by atomic mass is 16.1. The van der Waals surface area contributed by atoms with Crippen LogP contribution in [0, 0.1) is 6.92 Å². The fraction of sp³-hybridized carbons (Fsp3) is 0.333. The zero-order chi connectivity index (χ0) is 11.4. The van der Waals surface area contributed by atoms with Crippen LogP contribution in [-0.4, -0.2) is 9.55 Å². The standard InChI is InChI=1S/C10H10N2O.C2H6/c1-7-5-8-3-4-11-6-9(8)12(2)10(7)13;1-2/h3-6H,1-2H3;1-2H3. The summed E-state index contributed by atoms with van der Waals surface area (Å²) < 4.78 is 1.62. The van der Waals surface area contributed by atoms with Gasteiger partial charge in [-0.3, -0.25) is 9.78 Å². The van der Waals surface area contributed by atoms with Crippen molar-refractivity contribution in [3.63, 3.8) is 0 Å². The molecule has 0 saturated heterocycles. The fourth-order valence-corrected chi connectivity index (χ4v) is 1.47. The fourth-order valence-electron chi connectivity index (χ4n) is 1.47. The number of pyridine rings is 2. The van der Waals surface area contributed by atoms with Crippen LogP contribution in [0.15, 0.2) is 29.3 Å². The Hall–Kier alpha value is -1.64. The highest BCUT2D eigenvalue weighted by Gasteiger charge is 2.01. The molecule has 0 aliphatic heterocycles. The summed E-state index contributed by atoms with van der Waals surface area (Å²) in [5.41, 5.74) is 1.68. The van der Waals surface area contributed by atoms with Crippen LogP contribution in [-0.2, 0) is 7.05 Å². The molecule has 15 heavy (non-hydrogen) atoms. The maximum atomic E-state index is 11.5. The summed E-state index contributed by atoms with van der Waals surface area (Å²) in [5, 5.41) is 1.05. The van der Waals surface area contributed by atoms with Gasteiger partial charge in [0.1, 0.15) is 0 Å². The summed E-state index contributed by atoms with van der Waals surface area (Å²) >= 11 is 0. The van der Waals surface area contributed by atoms with Crippen LogP contribution in [0.1, 0.15) is 19.4 Å². The van der Waals surface area contributed by atoms with Gasteiger partial charge in [-0.2, -0.15) is 0 Å². The third kappa shape index (κ3) is 2.06. The average molecular weight is 204 g/mol. The molecule has 0 aliphatic rings. The van der Waals surface area contributed by atoms with Crippen LogP contribution in [0.25, 0.3) is 10.9 Å². The lowest BCUT2D eigenvalue weighted by molar-refractivity contribution is 0.890. The van der Waals surface area contributed by atoms with Gasteiger partial charge in [0.2, 0.25) is 0 Å². The number of hydrogen-bond donors (Lipinski definition) is 0. The molecule has 0 aliphatic carbocycles. The molecular formula is C12H16N2O. The highest BCUT2D eigenvalue weighted by molar-refractivity contribution is 5.78. The largest absolute Gasteiger partial charge is 0.310 e. The predicted molar refractivity (Wildman–Crippen MR) is 63.1 cm³/mol. The predicted octanol–water partition coefficient (Wildman–Crippen LogP) is 2.27. The lowest BCUT2D eigenvalue weighted by Gasteiger charge is -2.04. The molecule has 0 saturated carbocycles. The van der Waals surface area contributed by atoms with E-state index < -0.39 is 0 Å². The van der Waals surface area contributed by atoms with Crippen molar-refractivity contribution in [1.82, 2.24) is 9.55 Å². The quantitative estimate of drug-likeness (QED) is 0.659. The second-order valence-corrected chi connectivity index (χ2v) is 3.13. The van der Waals surface area contributed by atoms with E-state index in [0.717, 1.165) is 16.5 Å². The minimum atomic E-state index is 0.0421. The summed E-state index contributed by atoms with van der Waals surface area (Å²) in [6, 6.07) is 3.79. The van der Waals surface area contributed by atoms with Gasteiger partial charge in [0.15, 0.2) is 0 Å². The second kappa shape index (κ2) is 4.73. The van der Waals surface area contributed by atoms with Gasteiger partial charge in [0, 0.05) is 24.2 Å². The van der Waals surface area contributed by atoms with E-state index in [1.54, 1.807) is 24.0 Å². The first-order chi connectivity index (χ1) is 7.20. The van der Waals surface area contributed by atoms with Gasteiger partial charge in [-0.05, 0) is 19.1 Å². The molecule has 0 fully saturated rings. The summed E-state index contributed by atoms with van der Waals surface area (Å²) in [6.07, 6.45) is 3.43. The molecule has 0 spiro atoms. The van der Waals surface area contributed by atoms with Crippen molar-refractivity contribution in [2.45, 2.75) is 20.8 Å². The molecular weight excluding hydrogens is 188 g/mol. The minimum absolute atomic E-state index is 0.0421. The van der Waals surface area contributed by atoms with Crippen LogP contribution >= 0.6 is 0 Å². The number of nitrogens with zero attached hydrogens (tertiary/aromatic N) is 2. The molecule has 2 aromatic rings. The smallest absolute Gasteiger partial charge is 0.253 e. The Morgan fingerprint density at radius 2 is 2.00 bits per heavy atom. The zero-order valence-electron chi connectivity index (χ0n) is 9.61. The van der Waals surface area contributed by atoms with E-state index in [9.17, 15) is 4.79 Å². The van der Waals surface area contributed by atoms with E-state index in [1.807, 2.05) is 32.9 Å². The third-order valence-corrected chi connectivity index (χ3v) is 2.21. The van der Waals surface area contributed by atoms with Gasteiger partial charge in [-0.15, -0.1) is 0 Å². The molecule has 0 atom stereocenters. The van der Waals surface area contributed by atoms with Gasteiger partial charge < -0.3 is 4.57 Å². The van der Waals surface area contributed by atoms with Crippen molar-refractivity contribution >= 4 is 10.9 Å². The number of aryl methyl sites for hydroxylation is 2. The van der Waals surface area contributed by atoms with Crippen LogP contribution in [0.3, 0.4) is 0 Å². The lowest BCUT2D eigenvalue weighted by Crippen LogP contribution is -2.19. The summed E-state index contributed by atoms with van der Waals surface area (Å²) in [5.74, 6) is 0. The highest BCUT2D eigenvalue weighted by Crippen LogP contribution is 2.09. The van der Waals surface area contributed by atoms with Crippen molar-refractivity contribution in [3.05, 3.63) is 40.4 Å². The Balaban J connectivity index is 0.000000531. The SMILES string of the molecule is CC.Cc1cc2ccncc2n(C)c1=O. The topological polar surface area (TPSA) is 34.9 Å². The Labute approximate surface area is 89.4 Å². The summed E-state index contributed by atoms with van der Waals surface area (Å²) in [7, 11) is 1.76. The van der Waals surface area contributed by atoms with Crippen molar-refractivity contribution in [1.29, 1.82) is 0 Å². The maximum absolute atomic E-state index is 11.5. The van der Waals surface area contributed by atoms with Crippen LogP contribution < -0.4 is 5.56 Å². The molecule has 0 aromatic carbocycles. The van der Waals surface area contributed by atoms with Gasteiger partial charge in [-0.1, -0.05) is 13.8 Å². The number of fused-ring (bicyclic) bond motifs is 1. The molecule has 0 radical (unpaired) electrons. The molecule has 2 rings (SSSR count). The monoisotopic (exact) mass is 204 g/mol. The zero-order valence-corrected chi connectivity index (χ0v) is 9.61. The Morgan fingerprint density at radius 1 is 1.33 bits per heavy atom. The van der Waals surface area contributed by atoms with Gasteiger partial charge in [-0.25, -0.2) is 0 Å². The van der Waals surface area contributed by atoms with Crippen molar-refractivity contribution in [3.8, 4) is 0 Å². The molecule has 3 nitrogen and oxygen atoms in total. The Kier molecular flexibility index (Phi) is 3.61. The van der Waals surface area contributed by atoms with E-state index in [0.29, 0.717) is 0 Å². The second-order valence-electron chi connectivity index (χ2n) is 3.13. The van der Waals surface area contributed by atoms with Crippen LogP contribution in [0.4, 0.5) is 0 Å². The first kappa shape index (κ1) is 11.4. The van der Waals surface area contributed by atoms with E-state index in [4.69, 9.17) is 0 Å². The van der Waals surface area contributed by atoms with Crippen molar-refractivity contribution < 1.29 is 0 Å². The molecule has 0 N–H and O–H groups in total. The van der Waals surface area contributed by atoms with Gasteiger partial charge in [0.05, 0.1) is 11.7 Å². The van der Waals surface area contributed by atoms with E-state index in [1.165, 1.54) is 0 Å². The average Bonchev–Trinajstić information content (AvgIpc) is 2.29. The van der Waals surface area contributed by atoms with Crippen LogP contribution in [0.5, 0.6) is 0 Å². The van der Waals surface area contributed by atoms with E-state index >= 15 is 0 Å². The van der Waals surface area contributed by atoms with E-state index in [-0.39, 0.29) is 5.56 Å². The third-order valence-electron chi connectivity index (χ3n) is 2.21. The summed E-state index contributed by atoms with van der Waals surface area (Å²) in [4.78, 5) is 15.5. The van der Waals surface area contributed by atoms with Gasteiger partial charge >= 0.3 is 0 Å². The van der Waals surface area contributed by atoms with Crippen molar-refractivity contribution in [2.24, 2.45) is 7.05 Å². The molecule has 0 amide bonds. The normalized spacial score (nSPS) is 9.60. The molecule has 3 heteroatoms. The Morgan fingerprint density at radius 3 is 2.67 bits per heavy atom. The van der Waals surface area contributed by atoms with Crippen LogP contribution in [0.2, 0.25) is 0 Å². The first-order valence-electron chi connectivity index (χ1n) is 5.10. The number of hydrogen-bond acceptors (Lipinski definition) is 2. The number of aromatic nitrogens is 2. The molecule has 0 unspecified atom stereocenters. The summed E-state index contributed by atoms with van der Waals surface area (Å²) in [6.45, 7) is 5.82. The molecule has 80 valence electrons. The van der Waals surface area contributed by atoms with Crippen molar-refractivity contribution in [2.75, 3.05) is 0 Å². The minimum Gasteiger partial charge on any atom is -0.310 e. The molecule has 0 bridgehead atoms. The van der Waals surface area contributed by atoms with E-state index in [2.05, 4.69) is 4.98 Å². The first-order valence-corrected chi connectivity index (χ1v) is 5.10. The number of rotatable bonds is 0. The maximum Gasteiger partial charge on any atom is 0.253 e. The lowest BCUT2D eigenvalue weighted by atomic mass is 10.2. The van der Waals surface area contributed by atoms with Gasteiger partial charge in [0.25, 0.3) is 5.56 Å².